The van der Waals surface area contributed by atoms with E-state index < -0.39 is 0 Å². The van der Waals surface area contributed by atoms with Crippen LogP contribution in [-0.2, 0) is 4.74 Å². The molecule has 23 heavy (non-hydrogen) atoms. The minimum atomic E-state index is -0.0749. The van der Waals surface area contributed by atoms with E-state index in [4.69, 9.17) is 14.7 Å². The molecule has 1 atom stereocenters. The van der Waals surface area contributed by atoms with Gasteiger partial charge in [-0.25, -0.2) is 0 Å². The lowest BCUT2D eigenvalue weighted by Gasteiger charge is -2.28. The molecule has 0 heterocycles. The van der Waals surface area contributed by atoms with Crippen molar-refractivity contribution in [2.75, 3.05) is 31.7 Å². The predicted molar refractivity (Wildman–Crippen MR) is 91.6 cm³/mol. The zero-order valence-corrected chi connectivity index (χ0v) is 13.4. The lowest BCUT2D eigenvalue weighted by molar-refractivity contribution is 0.0629. The van der Waals surface area contributed by atoms with Crippen LogP contribution in [0.15, 0.2) is 60.7 Å². The maximum absolute atomic E-state index is 8.87. The Labute approximate surface area is 137 Å². The van der Waals surface area contributed by atoms with E-state index in [1.807, 2.05) is 60.7 Å². The summed E-state index contributed by atoms with van der Waals surface area (Å²) in [6.45, 7) is 1.82. The number of methoxy groups -OCH3 is 1. The number of nitriles is 1. The third-order valence-electron chi connectivity index (χ3n) is 3.55. The molecule has 4 heteroatoms. The highest BCUT2D eigenvalue weighted by Gasteiger charge is 2.15. The Bertz CT molecular complexity index is 596. The van der Waals surface area contributed by atoms with Crippen LogP contribution in [-0.4, -0.2) is 32.9 Å². The molecule has 0 bridgehead atoms. The summed E-state index contributed by atoms with van der Waals surface area (Å²) >= 11 is 0. The van der Waals surface area contributed by atoms with Crippen molar-refractivity contribution in [1.29, 1.82) is 5.26 Å². The van der Waals surface area contributed by atoms with Gasteiger partial charge in [0.2, 0.25) is 0 Å². The molecule has 0 aliphatic heterocycles. The van der Waals surface area contributed by atoms with E-state index in [0.717, 1.165) is 11.4 Å². The fraction of sp³-hybridized carbons (Fsp3) is 0.316. The Morgan fingerprint density at radius 1 is 1.04 bits per heavy atom. The van der Waals surface area contributed by atoms with Crippen LogP contribution in [0.4, 0.5) is 5.69 Å². The number of rotatable bonds is 9. The Hall–Kier alpha value is -2.51. The highest BCUT2D eigenvalue weighted by molar-refractivity contribution is 5.46. The second-order valence-corrected chi connectivity index (χ2v) is 5.17. The fourth-order valence-corrected chi connectivity index (χ4v) is 2.30. The van der Waals surface area contributed by atoms with Gasteiger partial charge in [-0.2, -0.15) is 5.26 Å². The van der Waals surface area contributed by atoms with E-state index >= 15 is 0 Å². The maximum atomic E-state index is 8.87. The number of nitrogens with zero attached hydrogens (tertiary/aromatic N) is 2. The zero-order chi connectivity index (χ0) is 16.3. The quantitative estimate of drug-likeness (QED) is 0.711. The van der Waals surface area contributed by atoms with Gasteiger partial charge >= 0.3 is 0 Å². The van der Waals surface area contributed by atoms with Gasteiger partial charge in [-0.3, -0.25) is 0 Å². The Kier molecular flexibility index (Phi) is 6.96. The fourth-order valence-electron chi connectivity index (χ4n) is 2.30. The molecule has 2 rings (SSSR count). The van der Waals surface area contributed by atoms with Gasteiger partial charge in [-0.05, 0) is 24.3 Å². The van der Waals surface area contributed by atoms with Crippen molar-refractivity contribution in [1.82, 2.24) is 0 Å². The van der Waals surface area contributed by atoms with Crippen LogP contribution in [0, 0.1) is 11.3 Å². The minimum absolute atomic E-state index is 0.0749. The molecule has 0 radical (unpaired) electrons. The number of para-hydroxylation sites is 2. The monoisotopic (exact) mass is 310 g/mol. The van der Waals surface area contributed by atoms with E-state index in [-0.39, 0.29) is 6.10 Å². The van der Waals surface area contributed by atoms with E-state index in [2.05, 4.69) is 11.0 Å². The van der Waals surface area contributed by atoms with Crippen molar-refractivity contribution in [3.63, 3.8) is 0 Å². The molecule has 0 aliphatic carbocycles. The summed E-state index contributed by atoms with van der Waals surface area (Å²) in [4.78, 5) is 2.16. The van der Waals surface area contributed by atoms with Crippen molar-refractivity contribution in [3.05, 3.63) is 60.7 Å². The average Bonchev–Trinajstić information content (AvgIpc) is 2.63. The molecular weight excluding hydrogens is 288 g/mol. The molecule has 2 aromatic carbocycles. The molecule has 0 aromatic heterocycles. The summed E-state index contributed by atoms with van der Waals surface area (Å²) in [5.74, 6) is 0.831. The Morgan fingerprint density at radius 2 is 1.70 bits per heavy atom. The highest BCUT2D eigenvalue weighted by atomic mass is 16.5. The summed E-state index contributed by atoms with van der Waals surface area (Å²) in [6, 6.07) is 22.0. The first-order valence-corrected chi connectivity index (χ1v) is 7.71. The molecule has 0 N–H and O–H groups in total. The molecule has 2 aromatic rings. The number of hydrogen-bond acceptors (Lipinski definition) is 4. The van der Waals surface area contributed by atoms with Crippen molar-refractivity contribution < 1.29 is 9.47 Å². The number of hydrogen-bond donors (Lipinski definition) is 0. The summed E-state index contributed by atoms with van der Waals surface area (Å²) in [6.07, 6.45) is 0.402. The summed E-state index contributed by atoms with van der Waals surface area (Å²) in [5, 5.41) is 8.87. The molecule has 0 spiro atoms. The van der Waals surface area contributed by atoms with Crippen LogP contribution in [0.3, 0.4) is 0 Å². The number of anilines is 1. The molecule has 0 fully saturated rings. The molecule has 120 valence electrons. The topological polar surface area (TPSA) is 45.5 Å². The highest BCUT2D eigenvalue weighted by Crippen LogP contribution is 2.15. The van der Waals surface area contributed by atoms with Crippen LogP contribution in [0.2, 0.25) is 0 Å². The second-order valence-electron chi connectivity index (χ2n) is 5.17. The third kappa shape index (κ3) is 5.65. The van der Waals surface area contributed by atoms with Crippen LogP contribution in [0.25, 0.3) is 0 Å². The number of ether oxygens (including phenoxy) is 2. The molecule has 0 saturated heterocycles. The van der Waals surface area contributed by atoms with E-state index in [1.165, 1.54) is 0 Å². The van der Waals surface area contributed by atoms with E-state index in [0.29, 0.717) is 26.1 Å². The van der Waals surface area contributed by atoms with Crippen molar-refractivity contribution in [2.24, 2.45) is 0 Å². The predicted octanol–water partition coefficient (Wildman–Crippen LogP) is 3.50. The second kappa shape index (κ2) is 9.50. The SMILES string of the molecule is COC(COc1ccccc1)CN(CCC#N)c1ccccc1. The van der Waals surface area contributed by atoms with Gasteiger partial charge < -0.3 is 14.4 Å². The lowest BCUT2D eigenvalue weighted by Crippen LogP contribution is -2.37. The largest absolute Gasteiger partial charge is 0.491 e. The van der Waals surface area contributed by atoms with Crippen molar-refractivity contribution in [2.45, 2.75) is 12.5 Å². The van der Waals surface area contributed by atoms with Gasteiger partial charge in [0.05, 0.1) is 12.5 Å². The van der Waals surface area contributed by atoms with Gasteiger partial charge in [0.25, 0.3) is 0 Å². The van der Waals surface area contributed by atoms with Gasteiger partial charge in [0.1, 0.15) is 18.5 Å². The maximum Gasteiger partial charge on any atom is 0.119 e. The first-order chi connectivity index (χ1) is 11.3. The summed E-state index contributed by atoms with van der Waals surface area (Å²) < 4.78 is 11.3. The van der Waals surface area contributed by atoms with Gasteiger partial charge in [-0.15, -0.1) is 0 Å². The van der Waals surface area contributed by atoms with Crippen molar-refractivity contribution in [3.8, 4) is 11.8 Å². The van der Waals surface area contributed by atoms with Crippen LogP contribution in [0.5, 0.6) is 5.75 Å². The van der Waals surface area contributed by atoms with Crippen LogP contribution < -0.4 is 9.64 Å². The summed E-state index contributed by atoms with van der Waals surface area (Å²) in [7, 11) is 1.69. The molecule has 0 saturated carbocycles. The zero-order valence-electron chi connectivity index (χ0n) is 13.4. The molecular formula is C19H22N2O2. The van der Waals surface area contributed by atoms with Gasteiger partial charge in [0, 0.05) is 25.9 Å². The molecule has 4 nitrogen and oxygen atoms in total. The van der Waals surface area contributed by atoms with Gasteiger partial charge in [-0.1, -0.05) is 36.4 Å². The van der Waals surface area contributed by atoms with Crippen LogP contribution >= 0.6 is 0 Å². The first-order valence-electron chi connectivity index (χ1n) is 7.71. The lowest BCUT2D eigenvalue weighted by atomic mass is 10.2. The van der Waals surface area contributed by atoms with E-state index in [1.54, 1.807) is 7.11 Å². The van der Waals surface area contributed by atoms with E-state index in [9.17, 15) is 0 Å². The smallest absolute Gasteiger partial charge is 0.119 e. The Balaban J connectivity index is 1.96. The van der Waals surface area contributed by atoms with Crippen LogP contribution in [0.1, 0.15) is 6.42 Å². The first kappa shape index (κ1) is 16.9. The summed E-state index contributed by atoms with van der Waals surface area (Å²) in [5.41, 5.74) is 1.09. The molecule has 0 amide bonds. The Morgan fingerprint density at radius 3 is 2.30 bits per heavy atom. The minimum Gasteiger partial charge on any atom is -0.491 e. The molecule has 0 aliphatic rings. The third-order valence-corrected chi connectivity index (χ3v) is 3.55. The number of benzene rings is 2. The van der Waals surface area contributed by atoms with Gasteiger partial charge in [0.15, 0.2) is 0 Å². The van der Waals surface area contributed by atoms with Crippen molar-refractivity contribution >= 4 is 5.69 Å². The normalized spacial score (nSPS) is 11.5. The standard InChI is InChI=1S/C19H22N2O2/c1-22-19(16-23-18-11-6-3-7-12-18)15-21(14-8-13-20)17-9-4-2-5-10-17/h2-7,9-12,19H,8,14-16H2,1H3. The average molecular weight is 310 g/mol. The molecule has 1 unspecified atom stereocenters.